The van der Waals surface area contributed by atoms with E-state index in [-0.39, 0.29) is 18.4 Å². The van der Waals surface area contributed by atoms with Crippen molar-refractivity contribution in [3.8, 4) is 11.6 Å². The lowest BCUT2D eigenvalue weighted by molar-refractivity contribution is -0.144. The quantitative estimate of drug-likeness (QED) is 0.415. The first-order valence-corrected chi connectivity index (χ1v) is 11.5. The van der Waals surface area contributed by atoms with Crippen LogP contribution in [0.25, 0.3) is 10.9 Å². The molecule has 2 N–H and O–H groups in total. The molecule has 9 nitrogen and oxygen atoms in total. The van der Waals surface area contributed by atoms with Crippen LogP contribution in [0.1, 0.15) is 36.4 Å². The second-order valence-electron chi connectivity index (χ2n) is 8.66. The SMILES string of the molecule is CCn1nc(NC(=O)n2ccc3c(C)c(Oc4ncnc5c4CC(C)NC5)ccc32)cc1C(F)(F)F. The number of amides is 1. The number of rotatable bonds is 4. The lowest BCUT2D eigenvalue weighted by Crippen LogP contribution is -2.33. The second kappa shape index (κ2) is 8.94. The van der Waals surface area contributed by atoms with E-state index in [9.17, 15) is 18.0 Å². The van der Waals surface area contributed by atoms with Crippen molar-refractivity contribution in [1.29, 1.82) is 0 Å². The summed E-state index contributed by atoms with van der Waals surface area (Å²) >= 11 is 0. The normalized spacial score (nSPS) is 15.7. The summed E-state index contributed by atoms with van der Waals surface area (Å²) < 4.78 is 48.0. The van der Waals surface area contributed by atoms with E-state index in [0.717, 1.165) is 39.4 Å². The van der Waals surface area contributed by atoms with Gasteiger partial charge in [-0.25, -0.2) is 14.8 Å². The van der Waals surface area contributed by atoms with Crippen LogP contribution in [-0.4, -0.2) is 36.4 Å². The summed E-state index contributed by atoms with van der Waals surface area (Å²) in [6.45, 7) is 6.17. The molecule has 1 aliphatic heterocycles. The van der Waals surface area contributed by atoms with Crippen LogP contribution in [-0.2, 0) is 25.7 Å². The van der Waals surface area contributed by atoms with Crippen LogP contribution >= 0.6 is 0 Å². The fraction of sp³-hybridized carbons (Fsp3) is 0.333. The number of hydrogen-bond donors (Lipinski definition) is 2. The van der Waals surface area contributed by atoms with Gasteiger partial charge in [0, 0.05) is 47.9 Å². The maximum absolute atomic E-state index is 13.2. The number of nitrogens with one attached hydrogen (secondary N) is 2. The average molecular weight is 499 g/mol. The van der Waals surface area contributed by atoms with Crippen molar-refractivity contribution in [1.82, 2.24) is 29.6 Å². The minimum absolute atomic E-state index is 0.0180. The van der Waals surface area contributed by atoms with Crippen LogP contribution in [0.2, 0.25) is 0 Å². The molecule has 5 rings (SSSR count). The summed E-state index contributed by atoms with van der Waals surface area (Å²) in [6.07, 6.45) is -0.799. The molecule has 0 bridgehead atoms. The summed E-state index contributed by atoms with van der Waals surface area (Å²) in [4.78, 5) is 21.6. The summed E-state index contributed by atoms with van der Waals surface area (Å²) in [5.74, 6) is 0.911. The number of nitrogens with zero attached hydrogens (tertiary/aromatic N) is 5. The molecule has 36 heavy (non-hydrogen) atoms. The van der Waals surface area contributed by atoms with Gasteiger partial charge < -0.3 is 10.1 Å². The Bertz CT molecular complexity index is 1460. The van der Waals surface area contributed by atoms with Gasteiger partial charge in [-0.05, 0) is 45.4 Å². The zero-order chi connectivity index (χ0) is 25.6. The van der Waals surface area contributed by atoms with Crippen molar-refractivity contribution in [3.63, 3.8) is 0 Å². The van der Waals surface area contributed by atoms with Crippen LogP contribution in [0.3, 0.4) is 0 Å². The van der Waals surface area contributed by atoms with E-state index in [1.807, 2.05) is 6.92 Å². The van der Waals surface area contributed by atoms with Crippen molar-refractivity contribution in [3.05, 3.63) is 59.3 Å². The molecule has 4 aromatic rings. The van der Waals surface area contributed by atoms with Gasteiger partial charge in [0.2, 0.25) is 5.88 Å². The van der Waals surface area contributed by atoms with E-state index in [1.165, 1.54) is 10.9 Å². The Morgan fingerprint density at radius 3 is 2.81 bits per heavy atom. The molecule has 0 radical (unpaired) electrons. The zero-order valence-corrected chi connectivity index (χ0v) is 19.8. The van der Waals surface area contributed by atoms with Crippen molar-refractivity contribution in [2.24, 2.45) is 0 Å². The van der Waals surface area contributed by atoms with Crippen molar-refractivity contribution < 1.29 is 22.7 Å². The molecule has 0 aliphatic carbocycles. The molecule has 1 amide bonds. The fourth-order valence-corrected chi connectivity index (χ4v) is 4.38. The second-order valence-corrected chi connectivity index (χ2v) is 8.66. The smallest absolute Gasteiger partial charge is 0.433 e. The maximum atomic E-state index is 13.2. The first-order chi connectivity index (χ1) is 17.2. The van der Waals surface area contributed by atoms with Gasteiger partial charge >= 0.3 is 12.2 Å². The minimum Gasteiger partial charge on any atom is -0.438 e. The number of hydrogen-bond acceptors (Lipinski definition) is 6. The van der Waals surface area contributed by atoms with Gasteiger partial charge in [0.05, 0.1) is 11.2 Å². The number of aromatic nitrogens is 5. The van der Waals surface area contributed by atoms with Crippen molar-refractivity contribution >= 4 is 22.8 Å². The van der Waals surface area contributed by atoms with Gasteiger partial charge in [0.25, 0.3) is 0 Å². The van der Waals surface area contributed by atoms with E-state index in [1.54, 1.807) is 31.3 Å². The molecule has 3 aromatic heterocycles. The van der Waals surface area contributed by atoms with E-state index in [2.05, 4.69) is 32.6 Å². The van der Waals surface area contributed by atoms with E-state index in [4.69, 9.17) is 4.74 Å². The summed E-state index contributed by atoms with van der Waals surface area (Å²) in [7, 11) is 0. The van der Waals surface area contributed by atoms with Crippen LogP contribution in [0.15, 0.2) is 36.8 Å². The zero-order valence-electron chi connectivity index (χ0n) is 19.8. The Morgan fingerprint density at radius 2 is 2.08 bits per heavy atom. The van der Waals surface area contributed by atoms with Crippen LogP contribution in [0, 0.1) is 6.92 Å². The van der Waals surface area contributed by atoms with Crippen molar-refractivity contribution in [2.45, 2.75) is 52.5 Å². The highest BCUT2D eigenvalue weighted by Crippen LogP contribution is 2.34. The third-order valence-corrected chi connectivity index (χ3v) is 6.25. The van der Waals surface area contributed by atoms with E-state index in [0.29, 0.717) is 23.7 Å². The Labute approximate surface area is 204 Å². The number of benzene rings is 1. The molecule has 12 heteroatoms. The summed E-state index contributed by atoms with van der Waals surface area (Å²) in [5.41, 5.74) is 2.31. The predicted octanol–water partition coefficient (Wildman–Crippen LogP) is 4.88. The molecular formula is C24H24F3N7O2. The molecule has 0 spiro atoms. The van der Waals surface area contributed by atoms with E-state index >= 15 is 0 Å². The van der Waals surface area contributed by atoms with Crippen LogP contribution < -0.4 is 15.4 Å². The molecular weight excluding hydrogens is 475 g/mol. The first-order valence-electron chi connectivity index (χ1n) is 11.5. The number of aryl methyl sites for hydroxylation is 2. The molecule has 1 aromatic carbocycles. The van der Waals surface area contributed by atoms with Crippen LogP contribution in [0.4, 0.5) is 23.8 Å². The van der Waals surface area contributed by atoms with E-state index < -0.39 is 17.9 Å². The van der Waals surface area contributed by atoms with Gasteiger partial charge in [-0.1, -0.05) is 0 Å². The Hall–Kier alpha value is -3.93. The molecule has 0 saturated carbocycles. The number of ether oxygens (including phenoxy) is 1. The summed E-state index contributed by atoms with van der Waals surface area (Å²) in [5, 5.41) is 10.4. The lowest BCUT2D eigenvalue weighted by Gasteiger charge is -2.23. The molecule has 1 unspecified atom stereocenters. The number of carbonyl (C=O) groups excluding carboxylic acids is 1. The fourth-order valence-electron chi connectivity index (χ4n) is 4.38. The highest BCUT2D eigenvalue weighted by atomic mass is 19.4. The number of alkyl halides is 3. The molecule has 0 saturated heterocycles. The monoisotopic (exact) mass is 499 g/mol. The van der Waals surface area contributed by atoms with Gasteiger partial charge in [0.15, 0.2) is 5.82 Å². The molecule has 0 fully saturated rings. The number of anilines is 1. The minimum atomic E-state index is -4.57. The van der Waals surface area contributed by atoms with Crippen LogP contribution in [0.5, 0.6) is 11.6 Å². The lowest BCUT2D eigenvalue weighted by atomic mass is 10.0. The Kier molecular flexibility index (Phi) is 5.91. The van der Waals surface area contributed by atoms with Gasteiger partial charge in [-0.3, -0.25) is 14.6 Å². The predicted molar refractivity (Wildman–Crippen MR) is 126 cm³/mol. The Balaban J connectivity index is 1.41. The Morgan fingerprint density at radius 1 is 1.28 bits per heavy atom. The molecule has 1 aliphatic rings. The topological polar surface area (TPSA) is 98.9 Å². The number of halogens is 3. The third-order valence-electron chi connectivity index (χ3n) is 6.25. The largest absolute Gasteiger partial charge is 0.438 e. The third kappa shape index (κ3) is 4.28. The number of fused-ring (bicyclic) bond motifs is 2. The number of carbonyl (C=O) groups is 1. The average Bonchev–Trinajstić information content (AvgIpc) is 3.46. The van der Waals surface area contributed by atoms with Gasteiger partial charge in [0.1, 0.15) is 17.8 Å². The summed E-state index contributed by atoms with van der Waals surface area (Å²) in [6, 6.07) is 5.69. The molecule has 1 atom stereocenters. The molecule has 188 valence electrons. The standard InChI is InChI=1S/C24H24F3N7O2/c1-4-34-20(24(25,26)27)10-21(32-34)31-23(35)33-8-7-15-14(3)19(6-5-18(15)33)36-22-16-9-13(2)28-11-17(16)29-12-30-22/h5-8,10,12-13,28H,4,9,11H2,1-3H3,(H,31,32,35). The first kappa shape index (κ1) is 23.8. The van der Waals surface area contributed by atoms with Gasteiger partial charge in [-0.15, -0.1) is 0 Å². The molecule has 4 heterocycles. The highest BCUT2D eigenvalue weighted by molar-refractivity contribution is 5.99. The maximum Gasteiger partial charge on any atom is 0.433 e. The van der Waals surface area contributed by atoms with Crippen molar-refractivity contribution in [2.75, 3.05) is 5.32 Å². The highest BCUT2D eigenvalue weighted by Gasteiger charge is 2.35. The van der Waals surface area contributed by atoms with Gasteiger partial charge in [-0.2, -0.15) is 18.3 Å².